The molecule has 5 fully saturated rings. The molecule has 36 heteroatoms. The summed E-state index contributed by atoms with van der Waals surface area (Å²) in [5.74, 6) is -3.34. The smallest absolute Gasteiger partial charge is 0.459 e. The fourth-order valence-corrected chi connectivity index (χ4v) is 20.6. The van der Waals surface area contributed by atoms with E-state index in [1.54, 1.807) is 101 Å². The van der Waals surface area contributed by atoms with Gasteiger partial charge in [-0.15, -0.1) is 0 Å². The number of carbonyl (C=O) groups excluding carboxylic acids is 5. The third-order valence-electron chi connectivity index (χ3n) is 28.5. The van der Waals surface area contributed by atoms with Crippen molar-refractivity contribution in [2.45, 2.75) is 223 Å². The average Bonchev–Trinajstić information content (AvgIpc) is 1.55. The van der Waals surface area contributed by atoms with Crippen molar-refractivity contribution in [2.75, 3.05) is 114 Å². The lowest BCUT2D eigenvalue weighted by Crippen LogP contribution is -2.57. The topological polar surface area (TPSA) is 230 Å². The maximum Gasteiger partial charge on any atom is 0.459 e. The first-order chi connectivity index (χ1) is 63.7. The number of likely N-dealkylation sites (tertiary alicyclic amines) is 4. The van der Waals surface area contributed by atoms with Crippen LogP contribution in [0.1, 0.15) is 230 Å². The van der Waals surface area contributed by atoms with E-state index in [9.17, 15) is 87.0 Å². The summed E-state index contributed by atoms with van der Waals surface area (Å²) >= 11 is 0. The SMILES string of the molecule is CC(C)Oc1ccc(C(=O)N2CCC3(CC2)c2ccc(C(=O)C4CC4)n2CCN3C)cc1F.CC[C@@H](C)Oc1ccc(C(=O)N2CCC3(CC2)NCCn2c(C(F)(F)F)ccc23)cc1OC.CN1CCn2c(ccc2C(F)(F)C(F)(F)F)C12CCN(C(=O)c1ccc(C(C)(C)O)cc1)CC2.COc1cc(C(=O)N2CCC3(CC2)c2c(C#N)cc(C(F)(F)F)n2CCN3C)ccc1OC(C)C.[HH]. The standard InChI is InChI=1S/C26H32FN3O3.C25H29F3N4O3.C24H28F5N3O2.C24H30F3N3O3.H2/c1-17(2)33-22-8-6-19(16-20(22)27)25(32)29-12-10-26(11-13-29)23-9-7-21(24(31)18-4-5-18)30(23)15-14-28(26)3;1-16(2)35-19-6-5-17(13-20(19)34-4)23(33)31-9-7-24(8-10-31)22-18(15-29)14-21(25(26,27)28)32(22)12-11-30(24)3;1-21(2,34)17-6-4-16(5-7-17)20(33)31-12-10-22(11-13-31)18-8-9-19(23(25,26)24(27,28)29)32(18)15-14-30(22)3;1-4-16(2)33-18-6-5-17(15-19(18)32-3)22(31)29-12-9-23(10-13-29)20-7-8-21(24(25,26)27)30(20)14-11-28-23;/h6-9,16-18H,4-5,10-15H2,1-3H3;5-6,13-14,16H,7-12H2,1-4H3;4-9,34H,10-15H2,1-3H3;5-8,15-16,28H,4,9-14H2,1-3H3;1H/t;;;16-;/m...1./s1. The number of carbonyl (C=O) groups is 5. The predicted octanol–water partition coefficient (Wildman–Crippen LogP) is 17.5. The molecule has 732 valence electrons. The van der Waals surface area contributed by atoms with E-state index in [2.05, 4.69) is 27.9 Å². The number of likely N-dealkylation sites (N-methyl/N-ethyl adjacent to an activating group) is 3. The summed E-state index contributed by atoms with van der Waals surface area (Å²) in [6.07, 6.45) is -7.53. The fourth-order valence-electron chi connectivity index (χ4n) is 20.6. The summed E-state index contributed by atoms with van der Waals surface area (Å²) in [5, 5.41) is 23.2. The number of hydrogen-bond donors (Lipinski definition) is 2. The molecule has 17 rings (SSSR count). The zero-order valence-electron chi connectivity index (χ0n) is 78.4. The molecule has 1 aliphatic carbocycles. The highest BCUT2D eigenvalue weighted by atomic mass is 19.4. The summed E-state index contributed by atoms with van der Waals surface area (Å²) in [6.45, 7) is 21.7. The first kappa shape index (κ1) is 100.0. The normalized spacial score (nSPS) is 19.0. The molecular weight excluding hydrogens is 1780 g/mol. The van der Waals surface area contributed by atoms with Gasteiger partial charge in [0.25, 0.3) is 23.6 Å². The van der Waals surface area contributed by atoms with Crippen molar-refractivity contribution in [1.82, 2.24) is 57.9 Å². The molecule has 8 aliphatic heterocycles. The molecule has 8 aromatic rings. The van der Waals surface area contributed by atoms with Crippen LogP contribution < -0.4 is 29.0 Å². The Kier molecular flexibility index (Phi) is 28.8. The number of hydrogen-bond acceptors (Lipinski definition) is 16. The zero-order valence-corrected chi connectivity index (χ0v) is 78.4. The summed E-state index contributed by atoms with van der Waals surface area (Å²) in [4.78, 5) is 78.7. The van der Waals surface area contributed by atoms with E-state index in [1.807, 2.05) is 82.5 Å². The second-order valence-electron chi connectivity index (χ2n) is 37.7. The van der Waals surface area contributed by atoms with Gasteiger partial charge >= 0.3 is 24.5 Å². The molecule has 4 spiro atoms. The van der Waals surface area contributed by atoms with Crippen LogP contribution in [-0.4, -0.2) is 225 Å². The number of amides is 4. The summed E-state index contributed by atoms with van der Waals surface area (Å²) in [5.41, 5.74) is 0.367. The van der Waals surface area contributed by atoms with Gasteiger partial charge in [-0.05, 0) is 255 Å². The first-order valence-corrected chi connectivity index (χ1v) is 46.1. The third kappa shape index (κ3) is 19.9. The van der Waals surface area contributed by atoms with E-state index in [0.29, 0.717) is 178 Å². The molecule has 12 heterocycles. The molecule has 0 unspecified atom stereocenters. The number of methoxy groups -OCH3 is 2. The monoisotopic (exact) mass is 1900 g/mol. The lowest BCUT2D eigenvalue weighted by atomic mass is 9.80. The van der Waals surface area contributed by atoms with Crippen molar-refractivity contribution in [3.63, 3.8) is 0 Å². The maximum atomic E-state index is 14.4. The van der Waals surface area contributed by atoms with Crippen molar-refractivity contribution in [1.29, 1.82) is 5.26 Å². The van der Waals surface area contributed by atoms with E-state index >= 15 is 0 Å². The Hall–Kier alpha value is -11.0. The Morgan fingerprint density at radius 1 is 0.467 bits per heavy atom. The van der Waals surface area contributed by atoms with Crippen LogP contribution in [-0.2, 0) is 72.2 Å². The number of alkyl halides is 11. The maximum absolute atomic E-state index is 14.4. The highest BCUT2D eigenvalue weighted by Gasteiger charge is 2.62. The van der Waals surface area contributed by atoms with Crippen molar-refractivity contribution in [3.05, 3.63) is 206 Å². The van der Waals surface area contributed by atoms with Gasteiger partial charge in [0.15, 0.2) is 40.3 Å². The van der Waals surface area contributed by atoms with Crippen LogP contribution >= 0.6 is 0 Å². The second-order valence-corrected chi connectivity index (χ2v) is 37.7. The summed E-state index contributed by atoms with van der Waals surface area (Å²) in [7, 11) is 8.90. The number of ketones is 1. The van der Waals surface area contributed by atoms with E-state index in [1.165, 1.54) is 47.2 Å². The van der Waals surface area contributed by atoms with Gasteiger partial charge in [0.2, 0.25) is 0 Å². The molecule has 4 saturated heterocycles. The summed E-state index contributed by atoms with van der Waals surface area (Å²) < 4.78 is 197. The van der Waals surface area contributed by atoms with E-state index in [0.717, 1.165) is 73.7 Å². The molecule has 135 heavy (non-hydrogen) atoms. The number of benzene rings is 4. The molecule has 0 radical (unpaired) electrons. The number of nitrogens with one attached hydrogen (secondary N) is 1. The van der Waals surface area contributed by atoms with Gasteiger partial charge in [-0.2, -0.15) is 53.6 Å². The van der Waals surface area contributed by atoms with Crippen molar-refractivity contribution >= 4 is 29.4 Å². The lowest BCUT2D eigenvalue weighted by Gasteiger charge is -2.50. The predicted molar refractivity (Wildman–Crippen MR) is 481 cm³/mol. The first-order valence-electron chi connectivity index (χ1n) is 46.1. The Balaban J connectivity index is 0.000000153. The van der Waals surface area contributed by atoms with Gasteiger partial charge in [0, 0.05) is 151 Å². The number of aliphatic hydroxyl groups is 1. The van der Waals surface area contributed by atoms with Crippen molar-refractivity contribution in [3.8, 4) is 34.8 Å². The Morgan fingerprint density at radius 2 is 0.874 bits per heavy atom. The van der Waals surface area contributed by atoms with Crippen LogP contribution in [0.3, 0.4) is 0 Å². The number of fused-ring (bicyclic) bond motifs is 8. The number of nitrogens with zero attached hydrogens (tertiary/aromatic N) is 12. The van der Waals surface area contributed by atoms with E-state index in [-0.39, 0.29) is 91.6 Å². The minimum Gasteiger partial charge on any atom is -0.493 e. The minimum absolute atomic E-state index is 0. The largest absolute Gasteiger partial charge is 0.493 e. The van der Waals surface area contributed by atoms with Crippen LogP contribution in [0.2, 0.25) is 0 Å². The number of rotatable bonds is 17. The molecular formula is C99H121F12N13O11. The Labute approximate surface area is 779 Å². The van der Waals surface area contributed by atoms with Gasteiger partial charge in [0.1, 0.15) is 17.5 Å². The van der Waals surface area contributed by atoms with Gasteiger partial charge in [-0.25, -0.2) is 4.39 Å². The van der Waals surface area contributed by atoms with Crippen molar-refractivity contribution < 1.29 is 107 Å². The molecule has 1 saturated carbocycles. The number of piperidine rings is 4. The van der Waals surface area contributed by atoms with Crippen molar-refractivity contribution in [2.24, 2.45) is 5.92 Å². The number of aromatic nitrogens is 4. The van der Waals surface area contributed by atoms with Crippen LogP contribution in [0.5, 0.6) is 28.7 Å². The molecule has 9 aliphatic rings. The third-order valence-corrected chi connectivity index (χ3v) is 28.5. The number of ether oxygens (including phenoxy) is 5. The fraction of sp³-hybridized carbons (Fsp3) is 0.535. The van der Waals surface area contributed by atoms with Gasteiger partial charge < -0.3 is 72.0 Å². The van der Waals surface area contributed by atoms with E-state index in [4.69, 9.17) is 23.7 Å². The van der Waals surface area contributed by atoms with Gasteiger partial charge in [-0.3, -0.25) is 38.7 Å². The van der Waals surface area contributed by atoms with Gasteiger partial charge in [0.05, 0.1) is 82.9 Å². The quantitative estimate of drug-likeness (QED) is 0.0638. The zero-order chi connectivity index (χ0) is 97.8. The molecule has 4 amide bonds. The number of Topliss-reactive ketones (excluding diaryl/α,β-unsaturated/α-hetero) is 1. The molecule has 24 nitrogen and oxygen atoms in total. The van der Waals surface area contributed by atoms with Crippen LogP contribution in [0.4, 0.5) is 52.7 Å². The highest BCUT2D eigenvalue weighted by Crippen LogP contribution is 2.52. The van der Waals surface area contributed by atoms with Crippen LogP contribution in [0.15, 0.2) is 121 Å². The molecule has 2 N–H and O–H groups in total. The van der Waals surface area contributed by atoms with Gasteiger partial charge in [-0.1, -0.05) is 19.1 Å². The number of halogens is 12. The molecule has 1 atom stereocenters. The second kappa shape index (κ2) is 38.9. The Bertz CT molecular complexity index is 5690. The molecule has 4 aromatic carbocycles. The minimum atomic E-state index is -5.67. The van der Waals surface area contributed by atoms with E-state index < -0.39 is 69.6 Å². The molecule has 0 bridgehead atoms. The number of nitriles is 1. The molecule has 4 aromatic heterocycles. The van der Waals surface area contributed by atoms with Crippen LogP contribution in [0.25, 0.3) is 0 Å². The highest BCUT2D eigenvalue weighted by molar-refractivity contribution is 5.99. The lowest BCUT2D eigenvalue weighted by molar-refractivity contribution is -0.292. The Morgan fingerprint density at radius 3 is 1.33 bits per heavy atom. The summed E-state index contributed by atoms with van der Waals surface area (Å²) in [6, 6.07) is 33.4. The van der Waals surface area contributed by atoms with Crippen LogP contribution in [0, 0.1) is 23.1 Å². The average molecular weight is 1900 g/mol.